The zero-order valence-electron chi connectivity index (χ0n) is 8.88. The summed E-state index contributed by atoms with van der Waals surface area (Å²) in [5.41, 5.74) is 0. The molecule has 0 amide bonds. The van der Waals surface area contributed by atoms with Crippen molar-refractivity contribution in [1.82, 2.24) is 4.90 Å². The van der Waals surface area contributed by atoms with Crippen molar-refractivity contribution in [3.05, 3.63) is 0 Å². The first-order chi connectivity index (χ1) is 5.67. The number of hydrogen-bond donors (Lipinski definition) is 1. The van der Waals surface area contributed by atoms with E-state index >= 15 is 0 Å². The lowest BCUT2D eigenvalue weighted by Crippen LogP contribution is -2.40. The van der Waals surface area contributed by atoms with Gasteiger partial charge >= 0.3 is 0 Å². The number of likely N-dealkylation sites (N-methyl/N-ethyl adjacent to an activating group) is 1. The van der Waals surface area contributed by atoms with Crippen molar-refractivity contribution in [2.75, 3.05) is 19.7 Å². The van der Waals surface area contributed by atoms with Crippen molar-refractivity contribution in [2.24, 2.45) is 5.92 Å². The molecule has 0 saturated carbocycles. The Hall–Kier alpha value is -0.0800. The van der Waals surface area contributed by atoms with Gasteiger partial charge in [0.05, 0.1) is 6.61 Å². The minimum absolute atomic E-state index is 0.275. The van der Waals surface area contributed by atoms with Gasteiger partial charge in [0.1, 0.15) is 0 Å². The van der Waals surface area contributed by atoms with Gasteiger partial charge in [0.15, 0.2) is 0 Å². The zero-order valence-corrected chi connectivity index (χ0v) is 8.88. The minimum atomic E-state index is 0.275. The van der Waals surface area contributed by atoms with E-state index in [1.165, 1.54) is 6.42 Å². The number of rotatable bonds is 6. The molecule has 1 N–H and O–H groups in total. The first-order valence-corrected chi connectivity index (χ1v) is 5.02. The molecule has 0 aromatic heterocycles. The van der Waals surface area contributed by atoms with Crippen molar-refractivity contribution < 1.29 is 5.11 Å². The lowest BCUT2D eigenvalue weighted by atomic mass is 10.00. The van der Waals surface area contributed by atoms with E-state index in [-0.39, 0.29) is 6.61 Å². The Morgan fingerprint density at radius 2 is 1.83 bits per heavy atom. The Balaban J connectivity index is 4.02. The van der Waals surface area contributed by atoms with E-state index in [0.717, 1.165) is 13.1 Å². The van der Waals surface area contributed by atoms with Gasteiger partial charge in [-0.2, -0.15) is 0 Å². The Labute approximate surface area is 76.6 Å². The van der Waals surface area contributed by atoms with Gasteiger partial charge < -0.3 is 5.11 Å². The van der Waals surface area contributed by atoms with Crippen LogP contribution >= 0.6 is 0 Å². The number of hydrogen-bond acceptors (Lipinski definition) is 2. The van der Waals surface area contributed by atoms with E-state index < -0.39 is 0 Å². The summed E-state index contributed by atoms with van der Waals surface area (Å²) < 4.78 is 0. The van der Waals surface area contributed by atoms with Crippen molar-refractivity contribution in [2.45, 2.75) is 40.2 Å². The van der Waals surface area contributed by atoms with E-state index in [2.05, 4.69) is 32.6 Å². The first kappa shape index (κ1) is 11.9. The largest absolute Gasteiger partial charge is 0.395 e. The summed E-state index contributed by atoms with van der Waals surface area (Å²) in [5.74, 6) is 0.682. The second kappa shape index (κ2) is 6.44. The van der Waals surface area contributed by atoms with Crippen LogP contribution in [0.3, 0.4) is 0 Å². The Morgan fingerprint density at radius 1 is 1.25 bits per heavy atom. The van der Waals surface area contributed by atoms with Gasteiger partial charge in [-0.25, -0.2) is 0 Å². The molecule has 0 aromatic rings. The molecule has 2 nitrogen and oxygen atoms in total. The number of nitrogens with zero attached hydrogens (tertiary/aromatic N) is 1. The molecular weight excluding hydrogens is 150 g/mol. The second-order valence-electron chi connectivity index (χ2n) is 3.57. The van der Waals surface area contributed by atoms with Crippen LogP contribution in [0, 0.1) is 5.92 Å². The Kier molecular flexibility index (Phi) is 6.39. The van der Waals surface area contributed by atoms with Crippen LogP contribution < -0.4 is 0 Å². The molecule has 0 aliphatic heterocycles. The van der Waals surface area contributed by atoms with E-state index in [1.54, 1.807) is 0 Å². The fourth-order valence-corrected chi connectivity index (χ4v) is 1.84. The number of aliphatic hydroxyl groups is 1. The van der Waals surface area contributed by atoms with Gasteiger partial charge in [-0.1, -0.05) is 27.7 Å². The zero-order chi connectivity index (χ0) is 9.56. The van der Waals surface area contributed by atoms with E-state index in [1.807, 2.05) is 0 Å². The van der Waals surface area contributed by atoms with Crippen LogP contribution in [0.2, 0.25) is 0 Å². The molecule has 0 rings (SSSR count). The maximum Gasteiger partial charge on any atom is 0.0558 e. The van der Waals surface area contributed by atoms with Gasteiger partial charge in [0, 0.05) is 12.6 Å². The Morgan fingerprint density at radius 3 is 2.08 bits per heavy atom. The third kappa shape index (κ3) is 3.55. The highest BCUT2D eigenvalue weighted by Gasteiger charge is 2.17. The molecule has 0 aliphatic carbocycles. The predicted molar refractivity (Wildman–Crippen MR) is 53.2 cm³/mol. The summed E-state index contributed by atoms with van der Waals surface area (Å²) in [6, 6.07) is 0.627. The molecule has 1 atom stereocenters. The second-order valence-corrected chi connectivity index (χ2v) is 3.57. The minimum Gasteiger partial charge on any atom is -0.395 e. The molecule has 0 saturated heterocycles. The van der Waals surface area contributed by atoms with E-state index in [9.17, 15) is 0 Å². The van der Waals surface area contributed by atoms with Gasteiger partial charge in [-0.3, -0.25) is 4.90 Å². The van der Waals surface area contributed by atoms with Crippen LogP contribution in [0.25, 0.3) is 0 Å². The SMILES string of the molecule is CCC(C(C)C)N(CC)CCO. The lowest BCUT2D eigenvalue weighted by Gasteiger charge is -2.32. The highest BCUT2D eigenvalue weighted by molar-refractivity contribution is 4.72. The molecular formula is C10H23NO. The molecule has 12 heavy (non-hydrogen) atoms. The van der Waals surface area contributed by atoms with Crippen molar-refractivity contribution >= 4 is 0 Å². The van der Waals surface area contributed by atoms with Crippen LogP contribution in [0.4, 0.5) is 0 Å². The predicted octanol–water partition coefficient (Wildman–Crippen LogP) is 1.74. The third-order valence-corrected chi connectivity index (χ3v) is 2.45. The summed E-state index contributed by atoms with van der Waals surface area (Å²) >= 11 is 0. The molecule has 0 bridgehead atoms. The fourth-order valence-electron chi connectivity index (χ4n) is 1.84. The summed E-state index contributed by atoms with van der Waals surface area (Å²) in [4.78, 5) is 2.35. The molecule has 0 aromatic carbocycles. The van der Waals surface area contributed by atoms with Crippen molar-refractivity contribution in [1.29, 1.82) is 0 Å². The molecule has 0 heterocycles. The summed E-state index contributed by atoms with van der Waals surface area (Å²) in [5, 5.41) is 8.85. The van der Waals surface area contributed by atoms with Crippen molar-refractivity contribution in [3.63, 3.8) is 0 Å². The summed E-state index contributed by atoms with van der Waals surface area (Å²) in [6.07, 6.45) is 1.17. The van der Waals surface area contributed by atoms with Gasteiger partial charge in [-0.15, -0.1) is 0 Å². The van der Waals surface area contributed by atoms with Crippen LogP contribution in [-0.4, -0.2) is 35.7 Å². The number of aliphatic hydroxyl groups excluding tert-OH is 1. The van der Waals surface area contributed by atoms with Gasteiger partial charge in [-0.05, 0) is 18.9 Å². The maximum atomic E-state index is 8.85. The van der Waals surface area contributed by atoms with E-state index in [0.29, 0.717) is 12.0 Å². The fraction of sp³-hybridized carbons (Fsp3) is 1.00. The van der Waals surface area contributed by atoms with Crippen LogP contribution in [0.15, 0.2) is 0 Å². The average Bonchev–Trinajstić information content (AvgIpc) is 2.03. The molecule has 2 heteroatoms. The van der Waals surface area contributed by atoms with Crippen LogP contribution in [0.5, 0.6) is 0 Å². The van der Waals surface area contributed by atoms with E-state index in [4.69, 9.17) is 5.11 Å². The normalized spacial score (nSPS) is 14.2. The smallest absolute Gasteiger partial charge is 0.0558 e. The maximum absolute atomic E-state index is 8.85. The average molecular weight is 173 g/mol. The molecule has 0 radical (unpaired) electrons. The first-order valence-electron chi connectivity index (χ1n) is 5.02. The summed E-state index contributed by atoms with van der Waals surface area (Å²) in [7, 11) is 0. The molecule has 0 spiro atoms. The molecule has 1 unspecified atom stereocenters. The highest BCUT2D eigenvalue weighted by atomic mass is 16.3. The van der Waals surface area contributed by atoms with Gasteiger partial charge in [0.2, 0.25) is 0 Å². The van der Waals surface area contributed by atoms with Crippen LogP contribution in [-0.2, 0) is 0 Å². The lowest BCUT2D eigenvalue weighted by molar-refractivity contribution is 0.125. The quantitative estimate of drug-likeness (QED) is 0.661. The molecule has 0 fully saturated rings. The topological polar surface area (TPSA) is 23.5 Å². The van der Waals surface area contributed by atoms with Gasteiger partial charge in [0.25, 0.3) is 0 Å². The third-order valence-electron chi connectivity index (χ3n) is 2.45. The monoisotopic (exact) mass is 173 g/mol. The summed E-state index contributed by atoms with van der Waals surface area (Å²) in [6.45, 7) is 11.0. The van der Waals surface area contributed by atoms with Crippen molar-refractivity contribution in [3.8, 4) is 0 Å². The molecule has 74 valence electrons. The molecule has 0 aliphatic rings. The van der Waals surface area contributed by atoms with Crippen LogP contribution in [0.1, 0.15) is 34.1 Å². The Bertz CT molecular complexity index is 104. The standard InChI is InChI=1S/C10H23NO/c1-5-10(9(3)4)11(6-2)7-8-12/h9-10,12H,5-8H2,1-4H3. The highest BCUT2D eigenvalue weighted by Crippen LogP contribution is 2.13.